The predicted octanol–water partition coefficient (Wildman–Crippen LogP) is 4.75. The fourth-order valence-electron chi connectivity index (χ4n) is 4.36. The van der Waals surface area contributed by atoms with Gasteiger partial charge in [-0.15, -0.1) is 0 Å². The number of aromatic nitrogens is 1. The van der Waals surface area contributed by atoms with Crippen LogP contribution in [0, 0.1) is 0 Å². The van der Waals surface area contributed by atoms with Gasteiger partial charge in [0.25, 0.3) is 15.9 Å². The van der Waals surface area contributed by atoms with Crippen LogP contribution in [0.15, 0.2) is 77.8 Å². The summed E-state index contributed by atoms with van der Waals surface area (Å²) in [4.78, 5) is 33.3. The molecule has 4 rings (SSSR count). The summed E-state index contributed by atoms with van der Waals surface area (Å²) >= 11 is 12.0. The van der Waals surface area contributed by atoms with Crippen molar-refractivity contribution in [2.24, 2.45) is 0 Å². The molecule has 0 fully saturated rings. The van der Waals surface area contributed by atoms with E-state index in [1.54, 1.807) is 30.5 Å². The Morgan fingerprint density at radius 2 is 1.65 bits per heavy atom. The number of carboxylic acids is 1. The van der Waals surface area contributed by atoms with Gasteiger partial charge in [-0.05, 0) is 72.9 Å². The van der Waals surface area contributed by atoms with Crippen molar-refractivity contribution in [2.75, 3.05) is 50.0 Å². The van der Waals surface area contributed by atoms with Gasteiger partial charge in [-0.2, -0.15) is 0 Å². The first-order valence-corrected chi connectivity index (χ1v) is 15.4. The van der Waals surface area contributed by atoms with E-state index in [9.17, 15) is 23.1 Å². The van der Waals surface area contributed by atoms with Crippen LogP contribution in [-0.4, -0.2) is 76.1 Å². The highest BCUT2D eigenvalue weighted by Crippen LogP contribution is 2.31. The molecule has 2 N–H and O–H groups in total. The number of hydrogen-bond donors (Lipinski definition) is 2. The van der Waals surface area contributed by atoms with E-state index >= 15 is 0 Å². The molecular weight excluding hydrogens is 613 g/mol. The predicted molar refractivity (Wildman–Crippen MR) is 170 cm³/mol. The molecule has 43 heavy (non-hydrogen) atoms. The summed E-state index contributed by atoms with van der Waals surface area (Å²) in [5.41, 5.74) is 1.31. The van der Waals surface area contributed by atoms with Gasteiger partial charge in [0.05, 0.1) is 10.6 Å². The molecule has 0 atom stereocenters. The van der Waals surface area contributed by atoms with Gasteiger partial charge in [0.2, 0.25) is 0 Å². The Bertz CT molecular complexity index is 1730. The summed E-state index contributed by atoms with van der Waals surface area (Å²) in [5.74, 6) is -0.846. The third-order valence-corrected chi connectivity index (χ3v) is 8.82. The number of carbonyl (C=O) groups is 2. The molecule has 0 radical (unpaired) electrons. The maximum atomic E-state index is 13.5. The quantitative estimate of drug-likeness (QED) is 0.227. The second kappa shape index (κ2) is 13.6. The van der Waals surface area contributed by atoms with Crippen molar-refractivity contribution in [1.29, 1.82) is 0 Å². The first-order valence-electron chi connectivity index (χ1n) is 13.2. The van der Waals surface area contributed by atoms with Crippen LogP contribution in [0.25, 0.3) is 10.8 Å². The summed E-state index contributed by atoms with van der Waals surface area (Å²) in [7, 11) is 1.65. The lowest BCUT2D eigenvalue weighted by atomic mass is 10.0. The average molecular weight is 645 g/mol. The van der Waals surface area contributed by atoms with Gasteiger partial charge in [0.15, 0.2) is 0 Å². The molecule has 1 heterocycles. The van der Waals surface area contributed by atoms with E-state index in [-0.39, 0.29) is 33.1 Å². The molecule has 4 aromatic rings. The second-order valence-corrected chi connectivity index (χ2v) is 12.9. The van der Waals surface area contributed by atoms with Gasteiger partial charge >= 0.3 is 5.97 Å². The summed E-state index contributed by atoms with van der Waals surface area (Å²) in [6, 6.07) is 17.2. The number of amides is 1. The summed E-state index contributed by atoms with van der Waals surface area (Å²) < 4.78 is 27.7. The first-order chi connectivity index (χ1) is 20.3. The molecule has 226 valence electrons. The van der Waals surface area contributed by atoms with Crippen LogP contribution in [-0.2, 0) is 21.4 Å². The summed E-state index contributed by atoms with van der Waals surface area (Å²) in [6.07, 6.45) is 1.72. The van der Waals surface area contributed by atoms with Gasteiger partial charge in [0, 0.05) is 48.5 Å². The minimum Gasteiger partial charge on any atom is -0.480 e. The number of fused-ring (bicyclic) bond motifs is 1. The standard InChI is InChI=1S/C30H31Cl2N5O5S/c1-35(2)11-12-36(3)28-10-7-20(17-33-28)18-34-30(40)27-6-4-5-21-13-24(8-9-26(21)27)37(19-29(38)39)43(41,42)25-15-22(31)14-23(32)16-25/h4-10,13-17H,11-12,18-19H2,1-3H3,(H,34,40)(H,38,39). The molecule has 13 heteroatoms. The number of aliphatic carboxylic acids is 1. The zero-order chi connectivity index (χ0) is 31.3. The Kier molecular flexibility index (Phi) is 10.1. The molecule has 0 saturated heterocycles. The SMILES string of the molecule is CN(C)CCN(C)c1ccc(CNC(=O)c2cccc3cc(N(CC(=O)O)S(=O)(=O)c4cc(Cl)cc(Cl)c4)ccc23)cn1. The van der Waals surface area contributed by atoms with Crippen LogP contribution in [0.2, 0.25) is 10.0 Å². The normalized spacial score (nSPS) is 11.5. The summed E-state index contributed by atoms with van der Waals surface area (Å²) in [6.45, 7) is 1.14. The van der Waals surface area contributed by atoms with Gasteiger partial charge in [-0.3, -0.25) is 13.9 Å². The van der Waals surface area contributed by atoms with Crippen molar-refractivity contribution in [2.45, 2.75) is 11.4 Å². The monoisotopic (exact) mass is 643 g/mol. The molecule has 0 aliphatic carbocycles. The topological polar surface area (TPSA) is 123 Å². The van der Waals surface area contributed by atoms with Crippen LogP contribution in [0.4, 0.5) is 11.5 Å². The van der Waals surface area contributed by atoms with Crippen molar-refractivity contribution in [3.05, 3.63) is 94.1 Å². The van der Waals surface area contributed by atoms with Gasteiger partial charge in [0.1, 0.15) is 12.4 Å². The molecule has 1 amide bonds. The van der Waals surface area contributed by atoms with E-state index in [1.165, 1.54) is 30.3 Å². The number of carboxylic acid groups (broad SMARTS) is 1. The van der Waals surface area contributed by atoms with E-state index in [4.69, 9.17) is 23.2 Å². The minimum atomic E-state index is -4.35. The Morgan fingerprint density at radius 3 is 2.28 bits per heavy atom. The van der Waals surface area contributed by atoms with Crippen molar-refractivity contribution >= 4 is 67.4 Å². The Labute approximate surface area is 260 Å². The minimum absolute atomic E-state index is 0.0922. The lowest BCUT2D eigenvalue weighted by molar-refractivity contribution is -0.135. The number of benzene rings is 3. The molecule has 0 spiro atoms. The zero-order valence-corrected chi connectivity index (χ0v) is 26.1. The number of likely N-dealkylation sites (N-methyl/N-ethyl adjacent to an activating group) is 2. The maximum absolute atomic E-state index is 13.5. The van der Waals surface area contributed by atoms with E-state index < -0.39 is 22.5 Å². The molecule has 3 aromatic carbocycles. The van der Waals surface area contributed by atoms with Gasteiger partial charge in [-0.25, -0.2) is 13.4 Å². The number of nitrogens with one attached hydrogen (secondary N) is 1. The number of halogens is 2. The van der Waals surface area contributed by atoms with E-state index in [2.05, 4.69) is 20.1 Å². The Morgan fingerprint density at radius 1 is 0.930 bits per heavy atom. The highest BCUT2D eigenvalue weighted by Gasteiger charge is 2.28. The smallest absolute Gasteiger partial charge is 0.324 e. The zero-order valence-electron chi connectivity index (χ0n) is 23.8. The maximum Gasteiger partial charge on any atom is 0.324 e. The van der Waals surface area contributed by atoms with Crippen LogP contribution >= 0.6 is 23.2 Å². The molecule has 10 nitrogen and oxygen atoms in total. The molecule has 1 aromatic heterocycles. The molecule has 0 unspecified atom stereocenters. The van der Waals surface area contributed by atoms with Crippen molar-refractivity contribution in [1.82, 2.24) is 15.2 Å². The van der Waals surface area contributed by atoms with E-state index in [0.717, 1.165) is 28.8 Å². The number of pyridine rings is 1. The third-order valence-electron chi connectivity index (χ3n) is 6.64. The summed E-state index contributed by atoms with van der Waals surface area (Å²) in [5, 5.41) is 13.7. The number of rotatable bonds is 12. The Hall–Kier alpha value is -3.90. The number of hydrogen-bond acceptors (Lipinski definition) is 7. The molecule has 0 saturated carbocycles. The van der Waals surface area contributed by atoms with Crippen LogP contribution in [0.5, 0.6) is 0 Å². The van der Waals surface area contributed by atoms with Crippen LogP contribution in [0.3, 0.4) is 0 Å². The average Bonchev–Trinajstić information content (AvgIpc) is 2.96. The number of carbonyl (C=O) groups excluding carboxylic acids is 1. The van der Waals surface area contributed by atoms with Crippen LogP contribution in [0.1, 0.15) is 15.9 Å². The first kappa shape index (κ1) is 32.0. The largest absolute Gasteiger partial charge is 0.480 e. The fraction of sp³-hybridized carbons (Fsp3) is 0.233. The Balaban J connectivity index is 1.55. The lowest BCUT2D eigenvalue weighted by Crippen LogP contribution is -2.35. The number of nitrogens with zero attached hydrogens (tertiary/aromatic N) is 4. The van der Waals surface area contributed by atoms with Gasteiger partial charge < -0.3 is 20.2 Å². The van der Waals surface area contributed by atoms with Crippen molar-refractivity contribution in [3.63, 3.8) is 0 Å². The molecule has 0 aliphatic heterocycles. The van der Waals surface area contributed by atoms with E-state index in [1.807, 2.05) is 33.3 Å². The van der Waals surface area contributed by atoms with Gasteiger partial charge in [-0.1, -0.05) is 47.5 Å². The molecular formula is C30H31Cl2N5O5S. The third kappa shape index (κ3) is 7.94. The van der Waals surface area contributed by atoms with E-state index in [0.29, 0.717) is 16.3 Å². The van der Waals surface area contributed by atoms with Crippen LogP contribution < -0.4 is 14.5 Å². The van der Waals surface area contributed by atoms with Crippen molar-refractivity contribution < 1.29 is 23.1 Å². The highest BCUT2D eigenvalue weighted by atomic mass is 35.5. The number of sulfonamides is 1. The lowest BCUT2D eigenvalue weighted by Gasteiger charge is -2.23. The fourth-order valence-corrected chi connectivity index (χ4v) is 6.49. The number of anilines is 2. The van der Waals surface area contributed by atoms with Crippen molar-refractivity contribution in [3.8, 4) is 0 Å². The molecule has 0 aliphatic rings. The second-order valence-electron chi connectivity index (χ2n) is 10.2. The highest BCUT2D eigenvalue weighted by molar-refractivity contribution is 7.92. The molecule has 0 bridgehead atoms.